The molecule has 12 heteroatoms. The minimum Gasteiger partial charge on any atom is -0.495 e. The highest BCUT2D eigenvalue weighted by Gasteiger charge is 2.20. The van der Waals surface area contributed by atoms with Gasteiger partial charge in [0.25, 0.3) is 5.69 Å². The molecule has 0 heterocycles. The van der Waals surface area contributed by atoms with Gasteiger partial charge in [-0.2, -0.15) is 8.78 Å². The van der Waals surface area contributed by atoms with E-state index in [1.807, 2.05) is 0 Å². The zero-order valence-electron chi connectivity index (χ0n) is 17.2. The van der Waals surface area contributed by atoms with Gasteiger partial charge in [-0.25, -0.2) is 0 Å². The summed E-state index contributed by atoms with van der Waals surface area (Å²) in [7, 11) is 2.56. The van der Waals surface area contributed by atoms with Crippen LogP contribution in [0.3, 0.4) is 0 Å². The number of nitrogens with one attached hydrogen (secondary N) is 2. The summed E-state index contributed by atoms with van der Waals surface area (Å²) >= 11 is 0. The number of alkyl halides is 2. The molecular formula is C20H19F2N3O7. The van der Waals surface area contributed by atoms with Gasteiger partial charge in [0, 0.05) is 18.7 Å². The summed E-state index contributed by atoms with van der Waals surface area (Å²) in [5.74, 6) is -1.38. The van der Waals surface area contributed by atoms with E-state index >= 15 is 0 Å². The Kier molecular flexibility index (Phi) is 8.04. The third kappa shape index (κ3) is 6.39. The first-order valence-electron chi connectivity index (χ1n) is 8.90. The highest BCUT2D eigenvalue weighted by Crippen LogP contribution is 2.36. The summed E-state index contributed by atoms with van der Waals surface area (Å²) in [6, 6.07) is 6.44. The number of hydrogen-bond acceptors (Lipinski definition) is 7. The fourth-order valence-corrected chi connectivity index (χ4v) is 2.63. The summed E-state index contributed by atoms with van der Waals surface area (Å²) in [5.41, 5.74) is -0.00736. The van der Waals surface area contributed by atoms with E-state index in [0.29, 0.717) is 11.4 Å². The van der Waals surface area contributed by atoms with E-state index in [4.69, 9.17) is 9.47 Å². The summed E-state index contributed by atoms with van der Waals surface area (Å²) in [4.78, 5) is 34.1. The van der Waals surface area contributed by atoms with Gasteiger partial charge in [0.2, 0.25) is 11.8 Å². The van der Waals surface area contributed by atoms with Crippen LogP contribution in [0.5, 0.6) is 17.2 Å². The number of halogens is 2. The third-order valence-electron chi connectivity index (χ3n) is 3.92. The molecule has 2 N–H and O–H groups in total. The van der Waals surface area contributed by atoms with Crippen molar-refractivity contribution in [2.75, 3.05) is 24.9 Å². The predicted octanol–water partition coefficient (Wildman–Crippen LogP) is 3.82. The second-order valence-corrected chi connectivity index (χ2v) is 6.12. The molecule has 0 bridgehead atoms. The second-order valence-electron chi connectivity index (χ2n) is 6.12. The number of rotatable bonds is 9. The minimum atomic E-state index is -3.21. The zero-order valence-corrected chi connectivity index (χ0v) is 17.2. The molecule has 0 atom stereocenters. The summed E-state index contributed by atoms with van der Waals surface area (Å²) in [6.07, 6.45) is 2.12. The van der Waals surface area contributed by atoms with Gasteiger partial charge in [0.05, 0.1) is 36.5 Å². The number of benzene rings is 2. The Morgan fingerprint density at radius 2 is 1.75 bits per heavy atom. The first kappa shape index (κ1) is 24.1. The molecule has 0 aromatic heterocycles. The summed E-state index contributed by atoms with van der Waals surface area (Å²) in [5, 5.41) is 16.4. The smallest absolute Gasteiger partial charge is 0.387 e. The van der Waals surface area contributed by atoms with Crippen LogP contribution < -0.4 is 24.8 Å². The van der Waals surface area contributed by atoms with E-state index in [1.165, 1.54) is 33.3 Å². The summed E-state index contributed by atoms with van der Waals surface area (Å²) in [6.45, 7) is -1.89. The molecule has 170 valence electrons. The fraction of sp³-hybridized carbons (Fsp3) is 0.200. The monoisotopic (exact) mass is 451 g/mol. The number of anilines is 2. The number of hydrogen-bond donors (Lipinski definition) is 2. The van der Waals surface area contributed by atoms with Crippen molar-refractivity contribution in [1.29, 1.82) is 0 Å². The topological polar surface area (TPSA) is 129 Å². The Balaban J connectivity index is 2.32. The molecule has 2 amide bonds. The molecule has 0 unspecified atom stereocenters. The molecule has 0 saturated carbocycles. The van der Waals surface area contributed by atoms with Crippen LogP contribution in [0, 0.1) is 10.1 Å². The van der Waals surface area contributed by atoms with E-state index in [0.717, 1.165) is 24.3 Å². The van der Waals surface area contributed by atoms with E-state index < -0.39 is 28.9 Å². The molecule has 0 radical (unpaired) electrons. The lowest BCUT2D eigenvalue weighted by molar-refractivity contribution is -0.385. The Bertz CT molecular complexity index is 1060. The van der Waals surface area contributed by atoms with E-state index in [-0.39, 0.29) is 22.9 Å². The number of nitrogens with zero attached hydrogens (tertiary/aromatic N) is 1. The molecule has 2 aromatic rings. The Morgan fingerprint density at radius 1 is 1.06 bits per heavy atom. The molecule has 0 fully saturated rings. The van der Waals surface area contributed by atoms with Crippen molar-refractivity contribution in [2.45, 2.75) is 13.5 Å². The third-order valence-corrected chi connectivity index (χ3v) is 3.92. The average Bonchev–Trinajstić information content (AvgIpc) is 2.71. The quantitative estimate of drug-likeness (QED) is 0.337. The molecule has 0 saturated heterocycles. The van der Waals surface area contributed by atoms with Crippen LogP contribution in [0.15, 0.2) is 36.4 Å². The number of nitro benzene ring substituents is 1. The lowest BCUT2D eigenvalue weighted by Gasteiger charge is -2.12. The van der Waals surface area contributed by atoms with E-state index in [1.54, 1.807) is 6.07 Å². The van der Waals surface area contributed by atoms with Crippen LogP contribution in [0.4, 0.5) is 25.8 Å². The normalized spacial score (nSPS) is 10.7. The Morgan fingerprint density at radius 3 is 2.31 bits per heavy atom. The van der Waals surface area contributed by atoms with Crippen molar-refractivity contribution in [3.05, 3.63) is 52.1 Å². The van der Waals surface area contributed by atoms with Gasteiger partial charge < -0.3 is 24.8 Å². The lowest BCUT2D eigenvalue weighted by atomic mass is 10.1. The number of nitro groups is 1. The van der Waals surface area contributed by atoms with Crippen LogP contribution in [0.25, 0.3) is 6.08 Å². The first-order chi connectivity index (χ1) is 15.1. The maximum Gasteiger partial charge on any atom is 0.387 e. The number of ether oxygens (including phenoxy) is 3. The number of carbonyl (C=O) groups is 2. The predicted molar refractivity (Wildman–Crippen MR) is 111 cm³/mol. The standard InChI is InChI=1S/C20H19F2N3O7/c1-11(26)23-13-5-6-16(30-2)14(9-13)24-19(27)7-4-12-8-17(31-3)18(32-20(21)22)10-15(12)25(28)29/h4-10,20H,1-3H3,(H,23,26)(H,24,27)/b7-4+. The Hall–Kier alpha value is -4.22. The van der Waals surface area contributed by atoms with Gasteiger partial charge >= 0.3 is 6.61 Å². The number of methoxy groups -OCH3 is 2. The van der Waals surface area contributed by atoms with Crippen LogP contribution >= 0.6 is 0 Å². The van der Waals surface area contributed by atoms with Crippen molar-refractivity contribution in [3.63, 3.8) is 0 Å². The molecule has 0 spiro atoms. The molecule has 32 heavy (non-hydrogen) atoms. The number of amides is 2. The van der Waals surface area contributed by atoms with Gasteiger partial charge in [-0.1, -0.05) is 0 Å². The SMILES string of the molecule is COc1ccc(NC(C)=O)cc1NC(=O)/C=C/c1cc(OC)c(OC(F)F)cc1[N+](=O)[O-]. The molecule has 2 aromatic carbocycles. The molecule has 0 aliphatic carbocycles. The van der Waals surface area contributed by atoms with Crippen molar-refractivity contribution in [1.82, 2.24) is 0 Å². The average molecular weight is 451 g/mol. The largest absolute Gasteiger partial charge is 0.495 e. The zero-order chi connectivity index (χ0) is 23.8. The minimum absolute atomic E-state index is 0.0809. The molecule has 2 rings (SSSR count). The van der Waals surface area contributed by atoms with Crippen molar-refractivity contribution < 1.29 is 37.5 Å². The highest BCUT2D eigenvalue weighted by atomic mass is 19.3. The van der Waals surface area contributed by atoms with Crippen molar-refractivity contribution in [3.8, 4) is 17.2 Å². The maximum absolute atomic E-state index is 12.5. The molecule has 10 nitrogen and oxygen atoms in total. The number of carbonyl (C=O) groups excluding carboxylic acids is 2. The highest BCUT2D eigenvalue weighted by molar-refractivity contribution is 6.03. The van der Waals surface area contributed by atoms with Gasteiger partial charge in [-0.05, 0) is 30.3 Å². The lowest BCUT2D eigenvalue weighted by Crippen LogP contribution is -2.11. The van der Waals surface area contributed by atoms with Gasteiger partial charge in [0.1, 0.15) is 5.75 Å². The fourth-order valence-electron chi connectivity index (χ4n) is 2.63. The van der Waals surface area contributed by atoms with Crippen LogP contribution in [-0.2, 0) is 9.59 Å². The summed E-state index contributed by atoms with van der Waals surface area (Å²) < 4.78 is 39.4. The Labute approximate surface area is 180 Å². The van der Waals surface area contributed by atoms with Crippen molar-refractivity contribution >= 4 is 35.0 Å². The van der Waals surface area contributed by atoms with Crippen molar-refractivity contribution in [2.24, 2.45) is 0 Å². The van der Waals surface area contributed by atoms with Gasteiger partial charge in [-0.15, -0.1) is 0 Å². The second kappa shape index (κ2) is 10.7. The molecular weight excluding hydrogens is 432 g/mol. The van der Waals surface area contributed by atoms with Crippen LogP contribution in [0.1, 0.15) is 12.5 Å². The first-order valence-corrected chi connectivity index (χ1v) is 8.90. The van der Waals surface area contributed by atoms with Crippen LogP contribution in [0.2, 0.25) is 0 Å². The van der Waals surface area contributed by atoms with E-state index in [2.05, 4.69) is 15.4 Å². The van der Waals surface area contributed by atoms with Gasteiger partial charge in [0.15, 0.2) is 11.5 Å². The van der Waals surface area contributed by atoms with E-state index in [9.17, 15) is 28.5 Å². The maximum atomic E-state index is 12.5. The van der Waals surface area contributed by atoms with Gasteiger partial charge in [-0.3, -0.25) is 19.7 Å². The molecule has 0 aliphatic rings. The molecule has 0 aliphatic heterocycles. The van der Waals surface area contributed by atoms with Crippen LogP contribution in [-0.4, -0.2) is 37.6 Å².